The Hall–Kier alpha value is -1.90. The zero-order chi connectivity index (χ0) is 15.1. The largest absolute Gasteiger partial charge is 0.322 e. The summed E-state index contributed by atoms with van der Waals surface area (Å²) in [4.78, 5) is 24.5. The van der Waals surface area contributed by atoms with E-state index >= 15 is 0 Å². The van der Waals surface area contributed by atoms with Crippen LogP contribution in [0.3, 0.4) is 0 Å². The molecule has 0 heterocycles. The molecule has 1 aliphatic carbocycles. The highest BCUT2D eigenvalue weighted by atomic mass is 16.2. The standard InChI is InChI=1S/C17H21NO2/c1-10(2)16(20)18-14-13(17(3,4)5)11-8-6-7-9-12(11)15(14)19/h6-10H,1-5H3,(H,18,19,20). The van der Waals surface area contributed by atoms with E-state index in [9.17, 15) is 9.59 Å². The van der Waals surface area contributed by atoms with Crippen molar-refractivity contribution in [3.05, 3.63) is 41.1 Å². The van der Waals surface area contributed by atoms with Gasteiger partial charge in [-0.05, 0) is 16.6 Å². The maximum absolute atomic E-state index is 12.5. The summed E-state index contributed by atoms with van der Waals surface area (Å²) in [6, 6.07) is 7.54. The number of amides is 1. The van der Waals surface area contributed by atoms with Crippen LogP contribution in [0.5, 0.6) is 0 Å². The van der Waals surface area contributed by atoms with Crippen molar-refractivity contribution in [3.8, 4) is 0 Å². The molecule has 1 aromatic carbocycles. The fourth-order valence-corrected chi connectivity index (χ4v) is 2.45. The molecule has 1 aliphatic rings. The summed E-state index contributed by atoms with van der Waals surface area (Å²) in [5, 5.41) is 2.82. The lowest BCUT2D eigenvalue weighted by Gasteiger charge is -2.23. The number of allylic oxidation sites excluding steroid dienone is 2. The molecule has 106 valence electrons. The highest BCUT2D eigenvalue weighted by molar-refractivity contribution is 6.22. The van der Waals surface area contributed by atoms with Crippen molar-refractivity contribution in [2.24, 2.45) is 11.3 Å². The van der Waals surface area contributed by atoms with Gasteiger partial charge in [-0.2, -0.15) is 0 Å². The molecular formula is C17H21NO2. The molecule has 0 aliphatic heterocycles. The number of fused-ring (bicyclic) bond motifs is 1. The maximum Gasteiger partial charge on any atom is 0.227 e. The summed E-state index contributed by atoms with van der Waals surface area (Å²) >= 11 is 0. The molecule has 1 aromatic rings. The monoisotopic (exact) mass is 271 g/mol. The van der Waals surface area contributed by atoms with Gasteiger partial charge in [0, 0.05) is 11.5 Å². The summed E-state index contributed by atoms with van der Waals surface area (Å²) in [5.74, 6) is -0.359. The van der Waals surface area contributed by atoms with Gasteiger partial charge in [0.25, 0.3) is 0 Å². The number of hydrogen-bond acceptors (Lipinski definition) is 2. The lowest BCUT2D eigenvalue weighted by molar-refractivity contribution is -0.123. The number of benzene rings is 1. The van der Waals surface area contributed by atoms with E-state index in [2.05, 4.69) is 26.1 Å². The van der Waals surface area contributed by atoms with E-state index in [1.54, 1.807) is 0 Å². The Kier molecular flexibility index (Phi) is 3.55. The smallest absolute Gasteiger partial charge is 0.227 e. The number of nitrogens with one attached hydrogen (secondary N) is 1. The van der Waals surface area contributed by atoms with Crippen LogP contribution in [0.25, 0.3) is 5.57 Å². The predicted molar refractivity (Wildman–Crippen MR) is 80.1 cm³/mol. The molecule has 20 heavy (non-hydrogen) atoms. The Labute approximate surface area is 120 Å². The predicted octanol–water partition coefficient (Wildman–Crippen LogP) is 3.41. The second-order valence-corrected chi connectivity index (χ2v) is 6.52. The quantitative estimate of drug-likeness (QED) is 0.896. The molecule has 0 atom stereocenters. The molecule has 0 saturated carbocycles. The first-order valence-electron chi connectivity index (χ1n) is 6.93. The van der Waals surface area contributed by atoms with Crippen molar-refractivity contribution < 1.29 is 9.59 Å². The molecular weight excluding hydrogens is 250 g/mol. The minimum absolute atomic E-state index is 0.0838. The second kappa shape index (κ2) is 4.89. The fourth-order valence-electron chi connectivity index (χ4n) is 2.45. The second-order valence-electron chi connectivity index (χ2n) is 6.52. The van der Waals surface area contributed by atoms with Gasteiger partial charge < -0.3 is 5.32 Å². The van der Waals surface area contributed by atoms with Crippen molar-refractivity contribution in [2.75, 3.05) is 0 Å². The zero-order valence-corrected chi connectivity index (χ0v) is 12.7. The third-order valence-electron chi connectivity index (χ3n) is 3.44. The molecule has 0 fully saturated rings. The summed E-state index contributed by atoms with van der Waals surface area (Å²) in [6.45, 7) is 9.80. The topological polar surface area (TPSA) is 46.2 Å². The number of Topliss-reactive ketones (excluding diaryl/α,β-unsaturated/α-hetero) is 1. The first-order valence-corrected chi connectivity index (χ1v) is 6.93. The molecule has 3 nitrogen and oxygen atoms in total. The Balaban J connectivity index is 2.56. The third kappa shape index (κ3) is 2.40. The molecule has 0 radical (unpaired) electrons. The molecule has 3 heteroatoms. The lowest BCUT2D eigenvalue weighted by Crippen LogP contribution is -2.31. The highest BCUT2D eigenvalue weighted by Crippen LogP contribution is 2.42. The lowest BCUT2D eigenvalue weighted by atomic mass is 9.82. The van der Waals surface area contributed by atoms with E-state index in [1.807, 2.05) is 38.1 Å². The summed E-state index contributed by atoms with van der Waals surface area (Å²) < 4.78 is 0. The Morgan fingerprint density at radius 2 is 1.65 bits per heavy atom. The van der Waals surface area contributed by atoms with E-state index in [-0.39, 0.29) is 23.0 Å². The summed E-state index contributed by atoms with van der Waals surface area (Å²) in [6.07, 6.45) is 0. The minimum Gasteiger partial charge on any atom is -0.322 e. The molecule has 0 unspecified atom stereocenters. The van der Waals surface area contributed by atoms with Gasteiger partial charge in [0.05, 0.1) is 5.70 Å². The first kappa shape index (κ1) is 14.5. The summed E-state index contributed by atoms with van der Waals surface area (Å²) in [5.41, 5.74) is 2.77. The van der Waals surface area contributed by atoms with Crippen molar-refractivity contribution in [3.63, 3.8) is 0 Å². The van der Waals surface area contributed by atoms with Gasteiger partial charge in [-0.15, -0.1) is 0 Å². The van der Waals surface area contributed by atoms with Gasteiger partial charge >= 0.3 is 0 Å². The molecule has 1 N–H and O–H groups in total. The average molecular weight is 271 g/mol. The Morgan fingerprint density at radius 1 is 1.10 bits per heavy atom. The third-order valence-corrected chi connectivity index (χ3v) is 3.44. The Bertz CT molecular complexity index is 604. The number of ketones is 1. The van der Waals surface area contributed by atoms with Crippen LogP contribution in [0.1, 0.15) is 50.5 Å². The van der Waals surface area contributed by atoms with Crippen LogP contribution in [-0.2, 0) is 4.79 Å². The first-order chi connectivity index (χ1) is 9.23. The highest BCUT2D eigenvalue weighted by Gasteiger charge is 2.36. The van der Waals surface area contributed by atoms with Crippen LogP contribution >= 0.6 is 0 Å². The van der Waals surface area contributed by atoms with Crippen molar-refractivity contribution in [1.82, 2.24) is 5.32 Å². The van der Waals surface area contributed by atoms with Crippen LogP contribution in [0.4, 0.5) is 0 Å². The van der Waals surface area contributed by atoms with Gasteiger partial charge in [0.15, 0.2) is 0 Å². The van der Waals surface area contributed by atoms with Gasteiger partial charge in [-0.3, -0.25) is 9.59 Å². The molecule has 2 rings (SSSR count). The van der Waals surface area contributed by atoms with Crippen LogP contribution < -0.4 is 5.32 Å². The minimum atomic E-state index is -0.206. The van der Waals surface area contributed by atoms with E-state index in [0.29, 0.717) is 11.3 Å². The summed E-state index contributed by atoms with van der Waals surface area (Å²) in [7, 11) is 0. The molecule has 0 bridgehead atoms. The van der Waals surface area contributed by atoms with Crippen molar-refractivity contribution in [2.45, 2.75) is 34.6 Å². The van der Waals surface area contributed by atoms with E-state index in [0.717, 1.165) is 11.1 Å². The zero-order valence-electron chi connectivity index (χ0n) is 12.7. The molecule has 0 spiro atoms. The van der Waals surface area contributed by atoms with E-state index in [4.69, 9.17) is 0 Å². The molecule has 0 aromatic heterocycles. The van der Waals surface area contributed by atoms with Crippen LogP contribution in [0.2, 0.25) is 0 Å². The van der Waals surface area contributed by atoms with Crippen LogP contribution in [-0.4, -0.2) is 11.7 Å². The average Bonchev–Trinajstić information content (AvgIpc) is 2.63. The van der Waals surface area contributed by atoms with Gasteiger partial charge in [0.1, 0.15) is 0 Å². The number of rotatable bonds is 2. The molecule has 1 amide bonds. The maximum atomic E-state index is 12.5. The Morgan fingerprint density at radius 3 is 2.15 bits per heavy atom. The SMILES string of the molecule is CC(C)C(=O)NC1=C(C(C)(C)C)c2ccccc2C1=O. The van der Waals surface area contributed by atoms with Crippen molar-refractivity contribution >= 4 is 17.3 Å². The normalized spacial score (nSPS) is 14.8. The number of hydrogen-bond donors (Lipinski definition) is 1. The van der Waals surface area contributed by atoms with E-state index < -0.39 is 0 Å². The van der Waals surface area contributed by atoms with Gasteiger partial charge in [-0.1, -0.05) is 58.9 Å². The van der Waals surface area contributed by atoms with Crippen molar-refractivity contribution in [1.29, 1.82) is 0 Å². The fraction of sp³-hybridized carbons (Fsp3) is 0.412. The van der Waals surface area contributed by atoms with Gasteiger partial charge in [-0.25, -0.2) is 0 Å². The van der Waals surface area contributed by atoms with Crippen LogP contribution in [0.15, 0.2) is 30.0 Å². The van der Waals surface area contributed by atoms with Gasteiger partial charge in [0.2, 0.25) is 11.7 Å². The number of carbonyl (C=O) groups is 2. The molecule has 0 saturated heterocycles. The van der Waals surface area contributed by atoms with Crippen LogP contribution in [0, 0.1) is 11.3 Å². The van der Waals surface area contributed by atoms with E-state index in [1.165, 1.54) is 0 Å². The number of carbonyl (C=O) groups excluding carboxylic acids is 2.